The Labute approximate surface area is 192 Å². The van der Waals surface area contributed by atoms with E-state index in [1.165, 1.54) is 17.7 Å². The molecule has 6 nitrogen and oxygen atoms in total. The Hall–Kier alpha value is -3.92. The van der Waals surface area contributed by atoms with Gasteiger partial charge in [0.2, 0.25) is 0 Å². The number of carboxylic acid groups (broad SMARTS) is 1. The molecule has 0 bridgehead atoms. The molecule has 0 radical (unpaired) electrons. The van der Waals surface area contributed by atoms with Crippen LogP contribution in [0.2, 0.25) is 0 Å². The van der Waals surface area contributed by atoms with Crippen LogP contribution in [0.4, 0.5) is 17.6 Å². The largest absolute Gasteiger partial charge is 0.490 e. The third-order valence-corrected chi connectivity index (χ3v) is 4.63. The van der Waals surface area contributed by atoms with E-state index in [0.29, 0.717) is 0 Å². The van der Waals surface area contributed by atoms with Gasteiger partial charge in [0.05, 0.1) is 17.4 Å². The molecule has 3 N–H and O–H groups in total. The summed E-state index contributed by atoms with van der Waals surface area (Å²) in [5.74, 6) is -1.38. The average molecular weight is 475 g/mol. The number of rotatable bonds is 7. The zero-order valence-corrected chi connectivity index (χ0v) is 17.8. The molecule has 0 spiro atoms. The number of hydrogen-bond acceptors (Lipinski definition) is 4. The average Bonchev–Trinajstić information content (AvgIpc) is 3.27. The van der Waals surface area contributed by atoms with Crippen LogP contribution >= 0.6 is 0 Å². The van der Waals surface area contributed by atoms with Gasteiger partial charge in [0.15, 0.2) is 0 Å². The van der Waals surface area contributed by atoms with Gasteiger partial charge in [-0.2, -0.15) is 13.2 Å². The topological polar surface area (TPSA) is 87.2 Å². The lowest BCUT2D eigenvalue weighted by Gasteiger charge is -2.08. The number of carbonyl (C=O) groups is 1. The minimum absolute atomic E-state index is 0.196. The molecule has 4 rings (SSSR count). The number of imidazole rings is 1. The molecule has 0 atom stereocenters. The SMILES string of the molecule is Fc1ccc(CCNCc2ccc(Oc3ccc4nc[nH]c4c3)cc2)cc1.O=C(O)C(F)(F)F. The van der Waals surface area contributed by atoms with Crippen molar-refractivity contribution in [3.05, 3.63) is 90.0 Å². The summed E-state index contributed by atoms with van der Waals surface area (Å²) in [6, 6.07) is 20.5. The van der Waals surface area contributed by atoms with E-state index in [1.807, 2.05) is 42.5 Å². The maximum Gasteiger partial charge on any atom is 0.490 e. The van der Waals surface area contributed by atoms with E-state index in [-0.39, 0.29) is 5.82 Å². The summed E-state index contributed by atoms with van der Waals surface area (Å²) < 4.78 is 50.5. The van der Waals surface area contributed by atoms with E-state index in [2.05, 4.69) is 27.4 Å². The van der Waals surface area contributed by atoms with Crippen molar-refractivity contribution in [1.29, 1.82) is 0 Å². The molecule has 0 aliphatic heterocycles. The number of halogens is 4. The van der Waals surface area contributed by atoms with Gasteiger partial charge in [-0.3, -0.25) is 0 Å². The highest BCUT2D eigenvalue weighted by molar-refractivity contribution is 5.76. The highest BCUT2D eigenvalue weighted by Gasteiger charge is 2.38. The van der Waals surface area contributed by atoms with Gasteiger partial charge in [0.1, 0.15) is 17.3 Å². The van der Waals surface area contributed by atoms with Gasteiger partial charge < -0.3 is 20.1 Å². The Kier molecular flexibility index (Phi) is 8.20. The monoisotopic (exact) mass is 475 g/mol. The van der Waals surface area contributed by atoms with Crippen molar-refractivity contribution < 1.29 is 32.2 Å². The third-order valence-electron chi connectivity index (χ3n) is 4.63. The van der Waals surface area contributed by atoms with Crippen LogP contribution in [0.1, 0.15) is 11.1 Å². The maximum absolute atomic E-state index is 12.9. The first-order chi connectivity index (χ1) is 16.2. The number of fused-ring (bicyclic) bond motifs is 1. The highest BCUT2D eigenvalue weighted by atomic mass is 19.4. The first-order valence-corrected chi connectivity index (χ1v) is 10.2. The van der Waals surface area contributed by atoms with Crippen molar-refractivity contribution in [3.63, 3.8) is 0 Å². The first kappa shape index (κ1) is 24.7. The van der Waals surface area contributed by atoms with Crippen LogP contribution in [0.5, 0.6) is 11.5 Å². The summed E-state index contributed by atoms with van der Waals surface area (Å²) in [4.78, 5) is 16.2. The Morgan fingerprint density at radius 1 is 0.971 bits per heavy atom. The predicted molar refractivity (Wildman–Crippen MR) is 118 cm³/mol. The lowest BCUT2D eigenvalue weighted by Crippen LogP contribution is -2.21. The predicted octanol–water partition coefficient (Wildman–Crippen LogP) is 5.46. The normalized spacial score (nSPS) is 11.1. The fourth-order valence-corrected chi connectivity index (χ4v) is 2.91. The van der Waals surface area contributed by atoms with Crippen LogP contribution in [-0.2, 0) is 17.8 Å². The molecule has 0 fully saturated rings. The first-order valence-electron chi connectivity index (χ1n) is 10.2. The fraction of sp³-hybridized carbons (Fsp3) is 0.167. The molecule has 0 amide bonds. The van der Waals surface area contributed by atoms with Crippen LogP contribution in [0.3, 0.4) is 0 Å². The number of aliphatic carboxylic acids is 1. The van der Waals surface area contributed by atoms with E-state index in [4.69, 9.17) is 14.6 Å². The number of alkyl halides is 3. The molecule has 3 aromatic carbocycles. The summed E-state index contributed by atoms with van der Waals surface area (Å²) in [6.45, 7) is 1.62. The number of nitrogens with one attached hydrogen (secondary N) is 2. The maximum atomic E-state index is 12.9. The van der Waals surface area contributed by atoms with Gasteiger partial charge in [-0.25, -0.2) is 14.2 Å². The van der Waals surface area contributed by atoms with Crippen LogP contribution in [0, 0.1) is 5.82 Å². The molecule has 178 valence electrons. The molecule has 0 aliphatic carbocycles. The van der Waals surface area contributed by atoms with Crippen LogP contribution in [0.25, 0.3) is 11.0 Å². The zero-order chi connectivity index (χ0) is 24.6. The number of nitrogens with zero attached hydrogens (tertiary/aromatic N) is 1. The van der Waals surface area contributed by atoms with Crippen LogP contribution < -0.4 is 10.1 Å². The Bertz CT molecular complexity index is 1210. The Morgan fingerprint density at radius 3 is 2.24 bits per heavy atom. The molecule has 1 heterocycles. The smallest absolute Gasteiger partial charge is 0.475 e. The van der Waals surface area contributed by atoms with Gasteiger partial charge in [0.25, 0.3) is 0 Å². The summed E-state index contributed by atoms with van der Waals surface area (Å²) in [6.07, 6.45) is -2.54. The minimum atomic E-state index is -5.08. The highest BCUT2D eigenvalue weighted by Crippen LogP contribution is 2.24. The minimum Gasteiger partial charge on any atom is -0.475 e. The van der Waals surface area contributed by atoms with Gasteiger partial charge in [0, 0.05) is 12.6 Å². The summed E-state index contributed by atoms with van der Waals surface area (Å²) in [5, 5.41) is 10.5. The van der Waals surface area contributed by atoms with E-state index in [1.54, 1.807) is 6.33 Å². The molecule has 0 saturated carbocycles. The number of hydrogen-bond donors (Lipinski definition) is 3. The molecular formula is C24H21F4N3O3. The van der Waals surface area contributed by atoms with E-state index in [0.717, 1.165) is 47.6 Å². The van der Waals surface area contributed by atoms with E-state index < -0.39 is 12.1 Å². The molecule has 10 heteroatoms. The standard InChI is InChI=1S/C22H20FN3O.C2HF3O2/c23-18-5-1-16(2-6-18)11-12-24-14-17-3-7-19(8-4-17)27-20-9-10-21-22(13-20)26-15-25-21;3-2(4,5)1(6)7/h1-10,13,15,24H,11-12,14H2,(H,25,26);(H,6,7). The van der Waals surface area contributed by atoms with Crippen molar-refractivity contribution in [1.82, 2.24) is 15.3 Å². The van der Waals surface area contributed by atoms with E-state index in [9.17, 15) is 17.6 Å². The molecule has 4 aromatic rings. The second kappa shape index (κ2) is 11.3. The van der Waals surface area contributed by atoms with Crippen molar-refractivity contribution in [2.24, 2.45) is 0 Å². The number of ether oxygens (including phenoxy) is 1. The second-order valence-electron chi connectivity index (χ2n) is 7.18. The van der Waals surface area contributed by atoms with E-state index >= 15 is 0 Å². The molecule has 0 unspecified atom stereocenters. The van der Waals surface area contributed by atoms with Crippen molar-refractivity contribution in [2.45, 2.75) is 19.1 Å². The second-order valence-corrected chi connectivity index (χ2v) is 7.18. The van der Waals surface area contributed by atoms with Crippen molar-refractivity contribution >= 4 is 17.0 Å². The number of aromatic amines is 1. The molecule has 1 aromatic heterocycles. The van der Waals surface area contributed by atoms with Gasteiger partial charge in [-0.05, 0) is 60.5 Å². The fourth-order valence-electron chi connectivity index (χ4n) is 2.91. The van der Waals surface area contributed by atoms with Crippen LogP contribution in [0.15, 0.2) is 73.1 Å². The lowest BCUT2D eigenvalue weighted by molar-refractivity contribution is -0.192. The molecule has 0 saturated heterocycles. The zero-order valence-electron chi connectivity index (χ0n) is 17.8. The molecule has 0 aliphatic rings. The van der Waals surface area contributed by atoms with Crippen molar-refractivity contribution in [3.8, 4) is 11.5 Å². The Morgan fingerprint density at radius 2 is 1.59 bits per heavy atom. The number of carboxylic acids is 1. The number of benzene rings is 3. The van der Waals surface area contributed by atoms with Crippen molar-refractivity contribution in [2.75, 3.05) is 6.54 Å². The van der Waals surface area contributed by atoms with Gasteiger partial charge in [-0.15, -0.1) is 0 Å². The quantitative estimate of drug-likeness (QED) is 0.244. The van der Waals surface area contributed by atoms with Gasteiger partial charge in [-0.1, -0.05) is 24.3 Å². The summed E-state index contributed by atoms with van der Waals surface area (Å²) in [7, 11) is 0. The third kappa shape index (κ3) is 7.59. The summed E-state index contributed by atoms with van der Waals surface area (Å²) >= 11 is 0. The molecular weight excluding hydrogens is 454 g/mol. The van der Waals surface area contributed by atoms with Gasteiger partial charge >= 0.3 is 12.1 Å². The number of aromatic nitrogens is 2. The number of H-pyrrole nitrogens is 1. The summed E-state index contributed by atoms with van der Waals surface area (Å²) in [5.41, 5.74) is 4.19. The molecule has 34 heavy (non-hydrogen) atoms. The Balaban J connectivity index is 0.000000406. The lowest BCUT2D eigenvalue weighted by atomic mass is 10.1. The van der Waals surface area contributed by atoms with Crippen LogP contribution in [-0.4, -0.2) is 33.8 Å².